The van der Waals surface area contributed by atoms with Crippen LogP contribution in [0.3, 0.4) is 0 Å². The van der Waals surface area contributed by atoms with Gasteiger partial charge in [0.25, 0.3) is 5.91 Å². The van der Waals surface area contributed by atoms with Gasteiger partial charge in [-0.15, -0.1) is 0 Å². The summed E-state index contributed by atoms with van der Waals surface area (Å²) < 4.78 is 14.3. The molecule has 0 radical (unpaired) electrons. The standard InChI is InChI=1S/C21H18Cl2FN5O2/c22-14-2-3-15(23)19(24)18(14)20(30)12-9-16(26-10-12)21(31)28-13-1-4-17(27-11-13)29-7-5-25-6-8-29/h1-4,9-11,25-26H,5-8H2,(H,28,31). The third-order valence-corrected chi connectivity index (χ3v) is 5.51. The molecule has 160 valence electrons. The van der Waals surface area contributed by atoms with Gasteiger partial charge in [0.1, 0.15) is 11.5 Å². The van der Waals surface area contributed by atoms with E-state index in [2.05, 4.69) is 25.5 Å². The lowest BCUT2D eigenvalue weighted by atomic mass is 10.0. The average molecular weight is 462 g/mol. The van der Waals surface area contributed by atoms with Crippen molar-refractivity contribution in [2.24, 2.45) is 0 Å². The highest BCUT2D eigenvalue weighted by atomic mass is 35.5. The van der Waals surface area contributed by atoms with Crippen LogP contribution in [0, 0.1) is 5.82 Å². The first-order valence-electron chi connectivity index (χ1n) is 9.53. The number of hydrogen-bond acceptors (Lipinski definition) is 5. The molecule has 7 nitrogen and oxygen atoms in total. The van der Waals surface area contributed by atoms with Crippen molar-refractivity contribution in [1.82, 2.24) is 15.3 Å². The number of anilines is 2. The second-order valence-corrected chi connectivity index (χ2v) is 7.76. The minimum absolute atomic E-state index is 0.0604. The SMILES string of the molecule is O=C(Nc1ccc(N2CCNCC2)nc1)c1cc(C(=O)c2c(Cl)ccc(Cl)c2F)c[nH]1. The largest absolute Gasteiger partial charge is 0.356 e. The zero-order valence-electron chi connectivity index (χ0n) is 16.2. The predicted molar refractivity (Wildman–Crippen MR) is 118 cm³/mol. The summed E-state index contributed by atoms with van der Waals surface area (Å²) in [6, 6.07) is 7.55. The number of halogens is 3. The summed E-state index contributed by atoms with van der Waals surface area (Å²) in [7, 11) is 0. The number of piperazine rings is 1. The molecule has 0 bridgehead atoms. The first-order chi connectivity index (χ1) is 14.9. The molecule has 2 aromatic heterocycles. The summed E-state index contributed by atoms with van der Waals surface area (Å²) in [5.74, 6) is -1.20. The fourth-order valence-electron chi connectivity index (χ4n) is 3.28. The van der Waals surface area contributed by atoms with Crippen molar-refractivity contribution >= 4 is 46.4 Å². The van der Waals surface area contributed by atoms with Gasteiger partial charge in [0, 0.05) is 37.9 Å². The molecule has 0 unspecified atom stereocenters. The van der Waals surface area contributed by atoms with Gasteiger partial charge in [-0.2, -0.15) is 0 Å². The van der Waals surface area contributed by atoms with Gasteiger partial charge in [-0.1, -0.05) is 23.2 Å². The number of H-pyrrole nitrogens is 1. The normalized spacial score (nSPS) is 13.8. The van der Waals surface area contributed by atoms with E-state index in [4.69, 9.17) is 23.2 Å². The summed E-state index contributed by atoms with van der Waals surface area (Å²) in [6.07, 6.45) is 2.89. The molecule has 3 aromatic rings. The monoisotopic (exact) mass is 461 g/mol. The van der Waals surface area contributed by atoms with Crippen LogP contribution in [0.15, 0.2) is 42.7 Å². The summed E-state index contributed by atoms with van der Waals surface area (Å²) in [5.41, 5.74) is 0.386. The number of benzene rings is 1. The number of nitrogens with zero attached hydrogens (tertiary/aromatic N) is 2. The number of aromatic amines is 1. The first kappa shape index (κ1) is 21.3. The first-order valence-corrected chi connectivity index (χ1v) is 10.3. The molecule has 31 heavy (non-hydrogen) atoms. The van der Waals surface area contributed by atoms with Crippen LogP contribution in [0.2, 0.25) is 10.0 Å². The Kier molecular flexibility index (Phi) is 6.22. The molecule has 0 atom stereocenters. The lowest BCUT2D eigenvalue weighted by Crippen LogP contribution is -2.43. The minimum atomic E-state index is -0.901. The Morgan fingerprint density at radius 3 is 2.55 bits per heavy atom. The van der Waals surface area contributed by atoms with Crippen LogP contribution in [-0.2, 0) is 0 Å². The van der Waals surface area contributed by atoms with Gasteiger partial charge in [-0.05, 0) is 30.3 Å². The van der Waals surface area contributed by atoms with Gasteiger partial charge in [0.15, 0.2) is 11.6 Å². The second kappa shape index (κ2) is 9.05. The quantitative estimate of drug-likeness (QED) is 0.397. The zero-order valence-corrected chi connectivity index (χ0v) is 17.7. The molecule has 3 N–H and O–H groups in total. The third-order valence-electron chi connectivity index (χ3n) is 4.91. The van der Waals surface area contributed by atoms with Gasteiger partial charge in [0.2, 0.25) is 0 Å². The molecule has 0 aliphatic carbocycles. The summed E-state index contributed by atoms with van der Waals surface area (Å²) in [4.78, 5) is 34.5. The number of ketones is 1. The van der Waals surface area contributed by atoms with Gasteiger partial charge in [-0.3, -0.25) is 9.59 Å². The number of carbonyl (C=O) groups excluding carboxylic acids is 2. The lowest BCUT2D eigenvalue weighted by molar-refractivity contribution is 0.102. The Bertz CT molecular complexity index is 1130. The second-order valence-electron chi connectivity index (χ2n) is 6.95. The summed E-state index contributed by atoms with van der Waals surface area (Å²) in [5, 5.41) is 5.73. The van der Waals surface area contributed by atoms with E-state index in [1.807, 2.05) is 6.07 Å². The lowest BCUT2D eigenvalue weighted by Gasteiger charge is -2.28. The van der Waals surface area contributed by atoms with Crippen molar-refractivity contribution < 1.29 is 14.0 Å². The van der Waals surface area contributed by atoms with Gasteiger partial charge < -0.3 is 20.5 Å². The smallest absolute Gasteiger partial charge is 0.272 e. The molecule has 0 spiro atoms. The number of nitrogens with one attached hydrogen (secondary N) is 3. The van der Waals surface area contributed by atoms with E-state index in [1.54, 1.807) is 12.3 Å². The van der Waals surface area contributed by atoms with E-state index < -0.39 is 17.5 Å². The third kappa shape index (κ3) is 4.56. The maximum absolute atomic E-state index is 14.3. The number of amides is 1. The van der Waals surface area contributed by atoms with E-state index in [-0.39, 0.29) is 26.9 Å². The average Bonchev–Trinajstić information content (AvgIpc) is 3.28. The van der Waals surface area contributed by atoms with Crippen LogP contribution < -0.4 is 15.5 Å². The zero-order chi connectivity index (χ0) is 22.0. The van der Waals surface area contributed by atoms with Crippen LogP contribution in [0.4, 0.5) is 15.9 Å². The van der Waals surface area contributed by atoms with Crippen LogP contribution in [0.25, 0.3) is 0 Å². The summed E-state index contributed by atoms with van der Waals surface area (Å²) in [6.45, 7) is 3.54. The predicted octanol–water partition coefficient (Wildman–Crippen LogP) is 3.75. The van der Waals surface area contributed by atoms with Gasteiger partial charge in [0.05, 0.1) is 27.5 Å². The molecule has 1 aliphatic rings. The summed E-state index contributed by atoms with van der Waals surface area (Å²) >= 11 is 11.7. The molecule has 1 saturated heterocycles. The molecule has 0 saturated carbocycles. The maximum Gasteiger partial charge on any atom is 0.272 e. The fourth-order valence-corrected chi connectivity index (χ4v) is 3.66. The van der Waals surface area contributed by atoms with E-state index in [1.165, 1.54) is 24.4 Å². The highest BCUT2D eigenvalue weighted by molar-refractivity contribution is 6.37. The molecule has 1 amide bonds. The van der Waals surface area contributed by atoms with Crippen molar-refractivity contribution in [2.75, 3.05) is 36.4 Å². The van der Waals surface area contributed by atoms with Crippen LogP contribution in [-0.4, -0.2) is 47.8 Å². The van der Waals surface area contributed by atoms with Crippen LogP contribution in [0.1, 0.15) is 26.4 Å². The number of aromatic nitrogens is 2. The van der Waals surface area contributed by atoms with Gasteiger partial charge in [-0.25, -0.2) is 9.37 Å². The Morgan fingerprint density at radius 2 is 1.84 bits per heavy atom. The molecule has 3 heterocycles. The van der Waals surface area contributed by atoms with E-state index >= 15 is 0 Å². The van der Waals surface area contributed by atoms with Crippen LogP contribution in [0.5, 0.6) is 0 Å². The highest BCUT2D eigenvalue weighted by Crippen LogP contribution is 2.28. The van der Waals surface area contributed by atoms with Gasteiger partial charge >= 0.3 is 0 Å². The molecule has 10 heteroatoms. The minimum Gasteiger partial charge on any atom is -0.356 e. The van der Waals surface area contributed by atoms with E-state index in [0.29, 0.717) is 5.69 Å². The van der Waals surface area contributed by atoms with Crippen molar-refractivity contribution in [3.05, 3.63) is 75.4 Å². The highest BCUT2D eigenvalue weighted by Gasteiger charge is 2.22. The van der Waals surface area contributed by atoms with Crippen molar-refractivity contribution in [2.45, 2.75) is 0 Å². The van der Waals surface area contributed by atoms with E-state index in [9.17, 15) is 14.0 Å². The number of pyridine rings is 1. The molecule has 1 fully saturated rings. The maximum atomic E-state index is 14.3. The van der Waals surface area contributed by atoms with Crippen LogP contribution >= 0.6 is 23.2 Å². The Hall–Kier alpha value is -2.94. The fraction of sp³-hybridized carbons (Fsp3) is 0.190. The van der Waals surface area contributed by atoms with Crippen molar-refractivity contribution in [1.29, 1.82) is 0 Å². The molecule has 1 aliphatic heterocycles. The topological polar surface area (TPSA) is 90.1 Å². The number of hydrogen-bond donors (Lipinski definition) is 3. The molecular formula is C21H18Cl2FN5O2. The number of carbonyl (C=O) groups is 2. The van der Waals surface area contributed by atoms with Crippen molar-refractivity contribution in [3.8, 4) is 0 Å². The molecule has 1 aromatic carbocycles. The Morgan fingerprint density at radius 1 is 1.10 bits per heavy atom. The van der Waals surface area contributed by atoms with E-state index in [0.717, 1.165) is 32.0 Å². The van der Waals surface area contributed by atoms with Crippen molar-refractivity contribution in [3.63, 3.8) is 0 Å². The molecular weight excluding hydrogens is 444 g/mol. The Labute approximate surface area is 187 Å². The molecule has 4 rings (SSSR count). The Balaban J connectivity index is 1.46. The number of rotatable bonds is 5.